The topological polar surface area (TPSA) is 112 Å². The van der Waals surface area contributed by atoms with Gasteiger partial charge in [-0.2, -0.15) is 0 Å². The molecule has 0 spiro atoms. The van der Waals surface area contributed by atoms with Gasteiger partial charge in [0.25, 0.3) is 0 Å². The third kappa shape index (κ3) is 11.9. The lowest BCUT2D eigenvalue weighted by Crippen LogP contribution is -2.44. The summed E-state index contributed by atoms with van der Waals surface area (Å²) < 4.78 is 29.8. The van der Waals surface area contributed by atoms with E-state index in [4.69, 9.17) is 4.74 Å². The van der Waals surface area contributed by atoms with Crippen LogP contribution in [-0.4, -0.2) is 76.4 Å². The summed E-state index contributed by atoms with van der Waals surface area (Å²) in [7, 11) is -1.37. The van der Waals surface area contributed by atoms with Crippen molar-refractivity contribution in [2.24, 2.45) is 10.9 Å². The molecule has 0 aromatic rings. The molecule has 1 saturated heterocycles. The van der Waals surface area contributed by atoms with Crippen molar-refractivity contribution in [2.75, 3.05) is 46.0 Å². The first-order valence-corrected chi connectivity index (χ1v) is 11.2. The van der Waals surface area contributed by atoms with E-state index in [9.17, 15) is 13.2 Å². The Hall–Kier alpha value is -0.820. The Morgan fingerprint density at radius 2 is 1.71 bits per heavy atom. The second-order valence-electron chi connectivity index (χ2n) is 7.77. The van der Waals surface area contributed by atoms with Gasteiger partial charge in [0, 0.05) is 39.8 Å². The molecule has 0 aliphatic carbocycles. The largest absolute Gasteiger partial charge is 0.444 e. The highest BCUT2D eigenvalue weighted by atomic mass is 127. The Labute approximate surface area is 186 Å². The third-order valence-electron chi connectivity index (χ3n) is 4.14. The number of alkyl carbamates (subject to hydrolysis) is 1. The predicted molar refractivity (Wildman–Crippen MR) is 123 cm³/mol. The van der Waals surface area contributed by atoms with Gasteiger partial charge in [-0.25, -0.2) is 17.5 Å². The number of piperidine rings is 1. The van der Waals surface area contributed by atoms with Crippen LogP contribution in [0.3, 0.4) is 0 Å². The van der Waals surface area contributed by atoms with Crippen LogP contribution in [0.2, 0.25) is 0 Å². The van der Waals surface area contributed by atoms with E-state index in [0.717, 1.165) is 25.8 Å². The summed E-state index contributed by atoms with van der Waals surface area (Å²) in [6.45, 7) is 8.58. The molecule has 0 radical (unpaired) electrons. The maximum absolute atomic E-state index is 11.5. The van der Waals surface area contributed by atoms with Crippen LogP contribution in [0, 0.1) is 5.92 Å². The molecule has 28 heavy (non-hydrogen) atoms. The maximum atomic E-state index is 11.5. The van der Waals surface area contributed by atoms with E-state index in [1.165, 1.54) is 10.6 Å². The zero-order valence-electron chi connectivity index (χ0n) is 17.6. The van der Waals surface area contributed by atoms with Crippen molar-refractivity contribution in [2.45, 2.75) is 45.6 Å². The van der Waals surface area contributed by atoms with Crippen LogP contribution in [0.15, 0.2) is 4.99 Å². The van der Waals surface area contributed by atoms with Gasteiger partial charge in [0.1, 0.15) is 5.60 Å². The van der Waals surface area contributed by atoms with Gasteiger partial charge in [0.2, 0.25) is 10.0 Å². The van der Waals surface area contributed by atoms with Crippen LogP contribution in [0.25, 0.3) is 0 Å². The Morgan fingerprint density at radius 1 is 1.14 bits per heavy atom. The smallest absolute Gasteiger partial charge is 0.407 e. The highest BCUT2D eigenvalue weighted by molar-refractivity contribution is 14.0. The average Bonchev–Trinajstić information content (AvgIpc) is 2.55. The highest BCUT2D eigenvalue weighted by Crippen LogP contribution is 2.18. The van der Waals surface area contributed by atoms with Crippen molar-refractivity contribution in [3.8, 4) is 0 Å². The lowest BCUT2D eigenvalue weighted by atomic mass is 9.98. The number of hydrogen-bond donors (Lipinski definition) is 3. The summed E-state index contributed by atoms with van der Waals surface area (Å²) in [4.78, 5) is 15.7. The Morgan fingerprint density at radius 3 is 2.21 bits per heavy atom. The highest BCUT2D eigenvalue weighted by Gasteiger charge is 2.24. The first-order chi connectivity index (χ1) is 12.5. The SMILES string of the molecule is CN=C(NCCCNC(=O)OC(C)(C)C)NCC1CCN(S(C)(=O)=O)CC1.I. The van der Waals surface area contributed by atoms with Gasteiger partial charge in [0.15, 0.2) is 5.96 Å². The number of guanidine groups is 1. The van der Waals surface area contributed by atoms with Crippen LogP contribution in [0.4, 0.5) is 4.79 Å². The van der Waals surface area contributed by atoms with E-state index in [1.807, 2.05) is 20.8 Å². The molecule has 166 valence electrons. The van der Waals surface area contributed by atoms with Crippen LogP contribution in [-0.2, 0) is 14.8 Å². The zero-order chi connectivity index (χ0) is 20.5. The average molecular weight is 533 g/mol. The lowest BCUT2D eigenvalue weighted by Gasteiger charge is -2.30. The minimum atomic E-state index is -3.08. The predicted octanol–water partition coefficient (Wildman–Crippen LogP) is 1.36. The van der Waals surface area contributed by atoms with Crippen molar-refractivity contribution in [1.29, 1.82) is 0 Å². The first kappa shape index (κ1) is 27.2. The molecule has 0 bridgehead atoms. The van der Waals surface area contributed by atoms with E-state index in [0.29, 0.717) is 38.1 Å². The van der Waals surface area contributed by atoms with Crippen molar-refractivity contribution >= 4 is 46.1 Å². The molecule has 11 heteroatoms. The Bertz CT molecular complexity index is 599. The van der Waals surface area contributed by atoms with Gasteiger partial charge in [-0.05, 0) is 46.0 Å². The van der Waals surface area contributed by atoms with Crippen LogP contribution in [0.1, 0.15) is 40.0 Å². The fourth-order valence-electron chi connectivity index (χ4n) is 2.71. The van der Waals surface area contributed by atoms with Gasteiger partial charge < -0.3 is 20.7 Å². The minimum absolute atomic E-state index is 0. The number of nitrogens with one attached hydrogen (secondary N) is 3. The van der Waals surface area contributed by atoms with Crippen LogP contribution < -0.4 is 16.0 Å². The number of carbonyl (C=O) groups is 1. The first-order valence-electron chi connectivity index (χ1n) is 9.38. The molecule has 1 fully saturated rings. The van der Waals surface area contributed by atoms with Crippen molar-refractivity contribution < 1.29 is 17.9 Å². The van der Waals surface area contributed by atoms with Gasteiger partial charge in [0.05, 0.1) is 6.26 Å². The van der Waals surface area contributed by atoms with Gasteiger partial charge >= 0.3 is 6.09 Å². The summed E-state index contributed by atoms with van der Waals surface area (Å²) in [5.41, 5.74) is -0.494. The zero-order valence-corrected chi connectivity index (χ0v) is 20.7. The Kier molecular flexibility index (Phi) is 12.3. The molecule has 0 aromatic carbocycles. The lowest BCUT2D eigenvalue weighted by molar-refractivity contribution is 0.0527. The van der Waals surface area contributed by atoms with E-state index in [2.05, 4.69) is 20.9 Å². The minimum Gasteiger partial charge on any atom is -0.444 e. The molecule has 9 nitrogen and oxygen atoms in total. The van der Waals surface area contributed by atoms with Crippen LogP contribution in [0.5, 0.6) is 0 Å². The second kappa shape index (κ2) is 12.7. The molecule has 3 N–H and O–H groups in total. The molecule has 1 aliphatic rings. The van der Waals surface area contributed by atoms with E-state index >= 15 is 0 Å². The summed E-state index contributed by atoms with van der Waals surface area (Å²) in [6, 6.07) is 0. The molecule has 0 unspecified atom stereocenters. The van der Waals surface area contributed by atoms with Gasteiger partial charge in [-0.15, -0.1) is 24.0 Å². The number of nitrogens with zero attached hydrogens (tertiary/aromatic N) is 2. The summed E-state index contributed by atoms with van der Waals surface area (Å²) in [5.74, 6) is 1.13. The number of aliphatic imine (C=N–C) groups is 1. The molecule has 1 heterocycles. The molecule has 1 aliphatic heterocycles. The molecule has 0 saturated carbocycles. The maximum Gasteiger partial charge on any atom is 0.407 e. The Balaban J connectivity index is 0.00000729. The number of sulfonamides is 1. The second-order valence-corrected chi connectivity index (χ2v) is 9.75. The quantitative estimate of drug-likeness (QED) is 0.197. The summed E-state index contributed by atoms with van der Waals surface area (Å²) in [6.07, 6.45) is 3.28. The van der Waals surface area contributed by atoms with E-state index in [-0.39, 0.29) is 24.0 Å². The number of amides is 1. The fourth-order valence-corrected chi connectivity index (χ4v) is 3.58. The normalized spacial score (nSPS) is 16.8. The molecule has 0 atom stereocenters. The van der Waals surface area contributed by atoms with Crippen molar-refractivity contribution in [3.05, 3.63) is 0 Å². The molecular formula is C17H36IN5O4S. The number of hydrogen-bond acceptors (Lipinski definition) is 5. The van der Waals surface area contributed by atoms with Crippen molar-refractivity contribution in [3.63, 3.8) is 0 Å². The standard InChI is InChI=1S/C17H35N5O4S.HI/c1-17(2,3)26-16(23)20-10-6-9-19-15(18-4)21-13-14-7-11-22(12-8-14)27(5,24)25;/h14H,6-13H2,1-5H3,(H,20,23)(H2,18,19,21);1H. The van der Waals surface area contributed by atoms with E-state index in [1.54, 1.807) is 7.05 Å². The fraction of sp³-hybridized carbons (Fsp3) is 0.882. The van der Waals surface area contributed by atoms with Gasteiger partial charge in [-0.3, -0.25) is 4.99 Å². The third-order valence-corrected chi connectivity index (χ3v) is 5.44. The summed E-state index contributed by atoms with van der Waals surface area (Å²) in [5, 5.41) is 9.20. The summed E-state index contributed by atoms with van der Waals surface area (Å²) >= 11 is 0. The number of halogens is 1. The van der Waals surface area contributed by atoms with E-state index < -0.39 is 21.7 Å². The monoisotopic (exact) mass is 533 g/mol. The molecule has 1 amide bonds. The molecule has 1 rings (SSSR count). The number of carbonyl (C=O) groups excluding carboxylic acids is 1. The molecule has 0 aromatic heterocycles. The van der Waals surface area contributed by atoms with Crippen LogP contribution >= 0.6 is 24.0 Å². The number of rotatable bonds is 7. The molecular weight excluding hydrogens is 497 g/mol. The van der Waals surface area contributed by atoms with Crippen molar-refractivity contribution in [1.82, 2.24) is 20.3 Å². The number of ether oxygens (including phenoxy) is 1. The van der Waals surface area contributed by atoms with Gasteiger partial charge in [-0.1, -0.05) is 0 Å².